The average Bonchev–Trinajstić information content (AvgIpc) is 3.33. The molecule has 1 aliphatic rings. The first kappa shape index (κ1) is 14.8. The molecule has 3 aromatic rings. The van der Waals surface area contributed by atoms with E-state index in [0.29, 0.717) is 17.7 Å². The van der Waals surface area contributed by atoms with E-state index in [4.69, 9.17) is 4.74 Å². The zero-order chi connectivity index (χ0) is 16.5. The third kappa shape index (κ3) is 2.65. The number of rotatable bonds is 4. The lowest BCUT2D eigenvalue weighted by Crippen LogP contribution is -2.36. The Bertz CT molecular complexity index is 870. The van der Waals surface area contributed by atoms with Crippen molar-refractivity contribution in [3.05, 3.63) is 41.7 Å². The molecule has 2 aromatic heterocycles. The molecule has 1 fully saturated rings. The van der Waals surface area contributed by atoms with Gasteiger partial charge in [0.1, 0.15) is 17.1 Å². The molecule has 8 heteroatoms. The van der Waals surface area contributed by atoms with Crippen molar-refractivity contribution in [2.24, 2.45) is 0 Å². The Morgan fingerprint density at radius 1 is 1.42 bits per heavy atom. The highest BCUT2D eigenvalue weighted by atomic mass is 16.5. The molecule has 0 unspecified atom stereocenters. The highest BCUT2D eigenvalue weighted by molar-refractivity contribution is 5.97. The fourth-order valence-electron chi connectivity index (χ4n) is 3.00. The fourth-order valence-corrected chi connectivity index (χ4v) is 3.00. The quantitative estimate of drug-likeness (QED) is 0.756. The molecule has 1 amide bonds. The summed E-state index contributed by atoms with van der Waals surface area (Å²) in [5, 5.41) is 17.9. The van der Waals surface area contributed by atoms with Crippen LogP contribution in [0.3, 0.4) is 0 Å². The number of ether oxygens (including phenoxy) is 1. The molecule has 8 nitrogen and oxygen atoms in total. The summed E-state index contributed by atoms with van der Waals surface area (Å²) < 4.78 is 7.66. The highest BCUT2D eigenvalue weighted by Crippen LogP contribution is 2.29. The first-order chi connectivity index (χ1) is 11.7. The minimum absolute atomic E-state index is 0.0694. The highest BCUT2D eigenvalue weighted by Gasteiger charge is 2.32. The maximum atomic E-state index is 12.6. The predicted octanol–water partition coefficient (Wildman–Crippen LogP) is 1.43. The van der Waals surface area contributed by atoms with Crippen LogP contribution in [0.15, 0.2) is 30.6 Å². The van der Waals surface area contributed by atoms with Crippen LogP contribution in [-0.4, -0.2) is 43.7 Å². The second kappa shape index (κ2) is 6.04. The molecule has 1 saturated heterocycles. The van der Waals surface area contributed by atoms with Crippen molar-refractivity contribution in [1.29, 1.82) is 0 Å². The van der Waals surface area contributed by atoms with Gasteiger partial charge in [0.15, 0.2) is 0 Å². The minimum Gasteiger partial charge on any atom is -0.371 e. The summed E-state index contributed by atoms with van der Waals surface area (Å²) in [6.07, 6.45) is 4.39. The number of carbonyl (C=O) groups excluding carboxylic acids is 1. The maximum Gasteiger partial charge on any atom is 0.251 e. The van der Waals surface area contributed by atoms with Crippen LogP contribution < -0.4 is 5.32 Å². The summed E-state index contributed by atoms with van der Waals surface area (Å²) in [4.78, 5) is 12.6. The molecule has 124 valence electrons. The molecule has 4 rings (SSSR count). The van der Waals surface area contributed by atoms with E-state index >= 15 is 0 Å². The third-order valence-electron chi connectivity index (χ3n) is 4.29. The number of amides is 1. The van der Waals surface area contributed by atoms with Crippen LogP contribution in [-0.2, 0) is 11.3 Å². The molecule has 1 aliphatic heterocycles. The summed E-state index contributed by atoms with van der Waals surface area (Å²) in [5.74, 6) is -0.136. The summed E-state index contributed by atoms with van der Waals surface area (Å²) in [6, 6.07) is 5.19. The minimum atomic E-state index is -0.162. The molecular weight excluding hydrogens is 308 g/mol. The maximum absolute atomic E-state index is 12.6. The molecule has 24 heavy (non-hydrogen) atoms. The average molecular weight is 326 g/mol. The number of benzene rings is 1. The number of hydrogen-bond donors (Lipinski definition) is 2. The van der Waals surface area contributed by atoms with E-state index in [1.165, 1.54) is 0 Å². The van der Waals surface area contributed by atoms with Crippen LogP contribution in [0.5, 0.6) is 0 Å². The first-order valence-corrected chi connectivity index (χ1v) is 8.00. The Balaban J connectivity index is 1.51. The Kier molecular flexibility index (Phi) is 3.73. The van der Waals surface area contributed by atoms with Crippen LogP contribution in [0.4, 0.5) is 0 Å². The van der Waals surface area contributed by atoms with Gasteiger partial charge in [-0.2, -0.15) is 20.5 Å². The van der Waals surface area contributed by atoms with Crippen molar-refractivity contribution in [1.82, 2.24) is 30.5 Å². The zero-order valence-electron chi connectivity index (χ0n) is 13.3. The predicted molar refractivity (Wildman–Crippen MR) is 86.4 cm³/mol. The molecule has 0 bridgehead atoms. The molecule has 0 radical (unpaired) electrons. The molecule has 2 atom stereocenters. The molecule has 0 saturated carbocycles. The van der Waals surface area contributed by atoms with Gasteiger partial charge in [0.05, 0.1) is 12.2 Å². The number of aryl methyl sites for hydroxylation is 1. The van der Waals surface area contributed by atoms with Gasteiger partial charge in [0, 0.05) is 30.5 Å². The summed E-state index contributed by atoms with van der Waals surface area (Å²) in [7, 11) is 0. The van der Waals surface area contributed by atoms with Crippen molar-refractivity contribution in [3.8, 4) is 0 Å². The van der Waals surface area contributed by atoms with E-state index in [1.54, 1.807) is 24.4 Å². The summed E-state index contributed by atoms with van der Waals surface area (Å²) in [6.45, 7) is 3.46. The van der Waals surface area contributed by atoms with Gasteiger partial charge in [-0.15, -0.1) is 0 Å². The molecule has 3 heterocycles. The Morgan fingerprint density at radius 2 is 2.29 bits per heavy atom. The van der Waals surface area contributed by atoms with Gasteiger partial charge in [-0.25, -0.2) is 0 Å². The number of H-pyrrole nitrogens is 1. The van der Waals surface area contributed by atoms with E-state index < -0.39 is 0 Å². The fraction of sp³-hybridized carbons (Fsp3) is 0.375. The van der Waals surface area contributed by atoms with Gasteiger partial charge >= 0.3 is 0 Å². The first-order valence-electron chi connectivity index (χ1n) is 8.00. The van der Waals surface area contributed by atoms with Crippen LogP contribution in [0, 0.1) is 0 Å². The van der Waals surface area contributed by atoms with Crippen molar-refractivity contribution in [2.75, 3.05) is 6.61 Å². The standard InChI is InChI=1S/C16H18N6O2/c1-2-22-9-11(8-17-22)15-13(5-6-24-15)18-16(23)10-3-4-12-14(7-10)20-21-19-12/h3-4,7-9,13,15H,2,5-6H2,1H3,(H,18,23)(H,19,20,21)/t13-,15+/m0/s1. The van der Waals surface area contributed by atoms with Crippen molar-refractivity contribution >= 4 is 16.9 Å². The largest absolute Gasteiger partial charge is 0.371 e. The molecule has 2 N–H and O–H groups in total. The molecule has 0 spiro atoms. The Hall–Kier alpha value is -2.74. The van der Waals surface area contributed by atoms with Crippen molar-refractivity contribution in [3.63, 3.8) is 0 Å². The number of aromatic amines is 1. The summed E-state index contributed by atoms with van der Waals surface area (Å²) >= 11 is 0. The van der Waals surface area contributed by atoms with Crippen molar-refractivity contribution in [2.45, 2.75) is 32.0 Å². The van der Waals surface area contributed by atoms with Gasteiger partial charge < -0.3 is 10.1 Å². The number of aromatic nitrogens is 5. The van der Waals surface area contributed by atoms with Gasteiger partial charge in [-0.05, 0) is 31.5 Å². The second-order valence-electron chi connectivity index (χ2n) is 5.82. The summed E-state index contributed by atoms with van der Waals surface area (Å²) in [5.41, 5.74) is 2.96. The van der Waals surface area contributed by atoms with E-state index in [-0.39, 0.29) is 18.1 Å². The number of hydrogen-bond acceptors (Lipinski definition) is 5. The Labute approximate surface area is 138 Å². The molecule has 1 aromatic carbocycles. The smallest absolute Gasteiger partial charge is 0.251 e. The van der Waals surface area contributed by atoms with E-state index in [1.807, 2.05) is 17.8 Å². The van der Waals surface area contributed by atoms with E-state index in [0.717, 1.165) is 24.0 Å². The SMILES string of the molecule is CCn1cc([C@H]2OCC[C@@H]2NC(=O)c2ccc3n[nH]nc3c2)cn1. The zero-order valence-corrected chi connectivity index (χ0v) is 13.3. The van der Waals surface area contributed by atoms with Gasteiger partial charge in [-0.3, -0.25) is 9.48 Å². The van der Waals surface area contributed by atoms with Crippen LogP contribution >= 0.6 is 0 Å². The second-order valence-corrected chi connectivity index (χ2v) is 5.82. The van der Waals surface area contributed by atoms with Crippen molar-refractivity contribution < 1.29 is 9.53 Å². The van der Waals surface area contributed by atoms with Gasteiger partial charge in [-0.1, -0.05) is 0 Å². The monoisotopic (exact) mass is 326 g/mol. The Morgan fingerprint density at radius 3 is 3.12 bits per heavy atom. The van der Waals surface area contributed by atoms with Crippen LogP contribution in [0.25, 0.3) is 11.0 Å². The lowest BCUT2D eigenvalue weighted by atomic mass is 10.0. The molecule has 0 aliphatic carbocycles. The van der Waals surface area contributed by atoms with Gasteiger partial charge in [0.2, 0.25) is 0 Å². The van der Waals surface area contributed by atoms with Crippen LogP contribution in [0.2, 0.25) is 0 Å². The number of nitrogens with one attached hydrogen (secondary N) is 2. The van der Waals surface area contributed by atoms with Crippen LogP contribution in [0.1, 0.15) is 35.4 Å². The topological polar surface area (TPSA) is 97.7 Å². The molecular formula is C16H18N6O2. The lowest BCUT2D eigenvalue weighted by Gasteiger charge is -2.18. The van der Waals surface area contributed by atoms with Gasteiger partial charge in [0.25, 0.3) is 5.91 Å². The van der Waals surface area contributed by atoms with E-state index in [2.05, 4.69) is 25.8 Å². The number of carbonyl (C=O) groups is 1. The lowest BCUT2D eigenvalue weighted by molar-refractivity contribution is 0.0821. The number of nitrogens with zero attached hydrogens (tertiary/aromatic N) is 4. The normalized spacial score (nSPS) is 20.5. The number of fused-ring (bicyclic) bond motifs is 1. The third-order valence-corrected chi connectivity index (χ3v) is 4.29. The van der Waals surface area contributed by atoms with E-state index in [9.17, 15) is 4.79 Å².